The van der Waals surface area contributed by atoms with E-state index in [2.05, 4.69) is 20.2 Å². The summed E-state index contributed by atoms with van der Waals surface area (Å²) in [6, 6.07) is 1.83. The normalized spacial score (nSPS) is 11.1. The molecular formula is C11H12N6OS. The first kappa shape index (κ1) is 12.0. The number of nitrogens with two attached hydrogens (primary N) is 1. The molecule has 98 valence electrons. The molecule has 0 saturated carbocycles. The van der Waals surface area contributed by atoms with Crippen LogP contribution in [-0.2, 0) is 13.6 Å². The van der Waals surface area contributed by atoms with Crippen molar-refractivity contribution in [1.82, 2.24) is 24.9 Å². The molecule has 19 heavy (non-hydrogen) atoms. The first-order valence-corrected chi connectivity index (χ1v) is 6.49. The lowest BCUT2D eigenvalue weighted by atomic mass is 10.4. The molecule has 0 spiro atoms. The van der Waals surface area contributed by atoms with Gasteiger partial charge in [0.2, 0.25) is 5.82 Å². The van der Waals surface area contributed by atoms with Gasteiger partial charge < -0.3 is 10.3 Å². The molecule has 3 heterocycles. The first-order valence-electron chi connectivity index (χ1n) is 5.68. The average molecular weight is 276 g/mol. The molecule has 8 heteroatoms. The lowest BCUT2D eigenvalue weighted by molar-refractivity contribution is 0.432. The van der Waals surface area contributed by atoms with E-state index in [9.17, 15) is 0 Å². The Hall–Kier alpha value is -2.06. The van der Waals surface area contributed by atoms with E-state index in [4.69, 9.17) is 10.3 Å². The van der Waals surface area contributed by atoms with E-state index in [-0.39, 0.29) is 0 Å². The van der Waals surface area contributed by atoms with E-state index in [1.54, 1.807) is 4.68 Å². The zero-order valence-electron chi connectivity index (χ0n) is 10.5. The van der Waals surface area contributed by atoms with Gasteiger partial charge in [-0.15, -0.1) is 11.3 Å². The van der Waals surface area contributed by atoms with Gasteiger partial charge in [-0.05, 0) is 13.0 Å². The van der Waals surface area contributed by atoms with Crippen LogP contribution in [0.1, 0.15) is 10.7 Å². The predicted octanol–water partition coefficient (Wildman–Crippen LogP) is 1.36. The Bertz CT molecular complexity index is 712. The highest BCUT2D eigenvalue weighted by Gasteiger charge is 2.17. The van der Waals surface area contributed by atoms with Gasteiger partial charge >= 0.3 is 0 Å². The highest BCUT2D eigenvalue weighted by molar-refractivity contribution is 7.15. The second-order valence-corrected chi connectivity index (χ2v) is 5.11. The van der Waals surface area contributed by atoms with Gasteiger partial charge in [-0.2, -0.15) is 10.1 Å². The smallest absolute Gasteiger partial charge is 0.270 e. The van der Waals surface area contributed by atoms with Gasteiger partial charge in [-0.1, -0.05) is 5.16 Å². The molecule has 0 atom stereocenters. The summed E-state index contributed by atoms with van der Waals surface area (Å²) in [7, 11) is 1.84. The zero-order valence-corrected chi connectivity index (χ0v) is 11.3. The fraction of sp³-hybridized carbons (Fsp3) is 0.273. The van der Waals surface area contributed by atoms with Gasteiger partial charge in [-0.3, -0.25) is 4.68 Å². The Morgan fingerprint density at radius 2 is 2.26 bits per heavy atom. The SMILES string of the molecule is Cc1nc(CN)sc1-c1nc(-c2ccn(C)n2)no1. The quantitative estimate of drug-likeness (QED) is 0.776. The van der Waals surface area contributed by atoms with Crippen molar-refractivity contribution in [3.05, 3.63) is 23.0 Å². The summed E-state index contributed by atoms with van der Waals surface area (Å²) in [5.41, 5.74) is 7.11. The number of nitrogens with zero attached hydrogens (tertiary/aromatic N) is 5. The summed E-state index contributed by atoms with van der Waals surface area (Å²) in [5, 5.41) is 9.02. The molecule has 0 unspecified atom stereocenters. The molecule has 7 nitrogen and oxygen atoms in total. The Morgan fingerprint density at radius 3 is 2.89 bits per heavy atom. The third kappa shape index (κ3) is 2.15. The third-order valence-corrected chi connectivity index (χ3v) is 3.75. The Balaban J connectivity index is 1.98. The van der Waals surface area contributed by atoms with Gasteiger partial charge in [0.05, 0.1) is 5.69 Å². The van der Waals surface area contributed by atoms with Gasteiger partial charge in [0, 0.05) is 19.8 Å². The van der Waals surface area contributed by atoms with Crippen molar-refractivity contribution in [2.45, 2.75) is 13.5 Å². The first-order chi connectivity index (χ1) is 9.17. The second-order valence-electron chi connectivity index (χ2n) is 4.02. The topological polar surface area (TPSA) is 95.7 Å². The highest BCUT2D eigenvalue weighted by Crippen LogP contribution is 2.29. The van der Waals surface area contributed by atoms with Crippen LogP contribution in [0, 0.1) is 6.92 Å². The molecule has 3 aromatic heterocycles. The van der Waals surface area contributed by atoms with E-state index in [1.807, 2.05) is 26.2 Å². The minimum Gasteiger partial charge on any atom is -0.333 e. The van der Waals surface area contributed by atoms with Crippen molar-refractivity contribution in [3.8, 4) is 22.3 Å². The van der Waals surface area contributed by atoms with E-state index < -0.39 is 0 Å². The number of aromatic nitrogens is 5. The molecule has 0 aliphatic heterocycles. The van der Waals surface area contributed by atoms with E-state index >= 15 is 0 Å². The van der Waals surface area contributed by atoms with E-state index in [0.717, 1.165) is 15.6 Å². The molecule has 0 aliphatic carbocycles. The number of rotatable bonds is 3. The van der Waals surface area contributed by atoms with Crippen molar-refractivity contribution in [3.63, 3.8) is 0 Å². The van der Waals surface area contributed by atoms with Crippen LogP contribution in [0.4, 0.5) is 0 Å². The minimum absolute atomic E-state index is 0.409. The Labute approximate surface area is 113 Å². The van der Waals surface area contributed by atoms with Crippen LogP contribution in [0.5, 0.6) is 0 Å². The molecule has 3 rings (SSSR count). The molecule has 0 saturated heterocycles. The minimum atomic E-state index is 0.409. The molecule has 0 aromatic carbocycles. The van der Waals surface area contributed by atoms with Crippen LogP contribution in [0.25, 0.3) is 22.3 Å². The second kappa shape index (κ2) is 4.56. The Kier molecular flexibility index (Phi) is 2.88. The zero-order chi connectivity index (χ0) is 13.4. The summed E-state index contributed by atoms with van der Waals surface area (Å²) in [4.78, 5) is 9.54. The van der Waals surface area contributed by atoms with Crippen LogP contribution >= 0.6 is 11.3 Å². The lowest BCUT2D eigenvalue weighted by Gasteiger charge is -1.87. The molecule has 0 fully saturated rings. The fourth-order valence-corrected chi connectivity index (χ4v) is 2.56. The van der Waals surface area contributed by atoms with Crippen LogP contribution in [-0.4, -0.2) is 24.9 Å². The van der Waals surface area contributed by atoms with Gasteiger partial charge in [0.15, 0.2) is 0 Å². The number of hydrogen-bond acceptors (Lipinski definition) is 7. The van der Waals surface area contributed by atoms with Crippen LogP contribution in [0.3, 0.4) is 0 Å². The monoisotopic (exact) mass is 276 g/mol. The number of thiazole rings is 1. The molecule has 0 aliphatic rings. The van der Waals surface area contributed by atoms with Crippen molar-refractivity contribution in [2.24, 2.45) is 12.8 Å². The fourth-order valence-electron chi connectivity index (χ4n) is 1.69. The molecule has 0 radical (unpaired) electrons. The van der Waals surface area contributed by atoms with Gasteiger partial charge in [0.1, 0.15) is 15.6 Å². The van der Waals surface area contributed by atoms with Crippen molar-refractivity contribution < 1.29 is 4.52 Å². The van der Waals surface area contributed by atoms with Crippen molar-refractivity contribution in [2.75, 3.05) is 0 Å². The molecule has 2 N–H and O–H groups in total. The highest BCUT2D eigenvalue weighted by atomic mass is 32.1. The van der Waals surface area contributed by atoms with Crippen LogP contribution in [0.15, 0.2) is 16.8 Å². The predicted molar refractivity (Wildman–Crippen MR) is 70.2 cm³/mol. The standard InChI is InChI=1S/C11H12N6OS/c1-6-9(19-8(5-12)13-6)11-14-10(16-18-11)7-3-4-17(2)15-7/h3-4H,5,12H2,1-2H3. The van der Waals surface area contributed by atoms with E-state index in [0.29, 0.717) is 24.0 Å². The summed E-state index contributed by atoms with van der Waals surface area (Å²) in [6.45, 7) is 2.31. The average Bonchev–Trinajstić information content (AvgIpc) is 3.07. The summed E-state index contributed by atoms with van der Waals surface area (Å²) < 4.78 is 6.96. The maximum absolute atomic E-state index is 5.58. The van der Waals surface area contributed by atoms with Crippen LogP contribution in [0.2, 0.25) is 0 Å². The maximum atomic E-state index is 5.58. The molecule has 3 aromatic rings. The molecule has 0 bridgehead atoms. The van der Waals surface area contributed by atoms with Crippen molar-refractivity contribution >= 4 is 11.3 Å². The van der Waals surface area contributed by atoms with Gasteiger partial charge in [0.25, 0.3) is 5.89 Å². The van der Waals surface area contributed by atoms with Gasteiger partial charge in [-0.25, -0.2) is 4.98 Å². The molecule has 0 amide bonds. The van der Waals surface area contributed by atoms with Crippen LogP contribution < -0.4 is 5.73 Å². The largest absolute Gasteiger partial charge is 0.333 e. The summed E-state index contributed by atoms with van der Waals surface area (Å²) in [5.74, 6) is 0.924. The van der Waals surface area contributed by atoms with Crippen molar-refractivity contribution in [1.29, 1.82) is 0 Å². The van der Waals surface area contributed by atoms with E-state index in [1.165, 1.54) is 11.3 Å². The number of aryl methyl sites for hydroxylation is 2. The summed E-state index contributed by atoms with van der Waals surface area (Å²) >= 11 is 1.47. The Morgan fingerprint density at radius 1 is 1.42 bits per heavy atom. The lowest BCUT2D eigenvalue weighted by Crippen LogP contribution is -1.94. The summed E-state index contributed by atoms with van der Waals surface area (Å²) in [6.07, 6.45) is 1.83. The third-order valence-electron chi connectivity index (χ3n) is 2.58. The maximum Gasteiger partial charge on any atom is 0.270 e. The molecular weight excluding hydrogens is 264 g/mol. The number of hydrogen-bond donors (Lipinski definition) is 1.